The SMILES string of the molecule is COC(=O)CC[C@@H]1C[C@@]2(CO2)[C@H](O)[C@@H](/C=C/C(C)=C/C[C@@H]2O[C@H](C)[C@H](NC(=O)/C=C\C(C)C)C[C@@H]2C)O1. The van der Waals surface area contributed by atoms with Gasteiger partial charge in [0.15, 0.2) is 0 Å². The summed E-state index contributed by atoms with van der Waals surface area (Å²) >= 11 is 0. The summed E-state index contributed by atoms with van der Waals surface area (Å²) in [6.07, 6.45) is 11.1. The number of rotatable bonds is 10. The Morgan fingerprint density at radius 1 is 1.22 bits per heavy atom. The van der Waals surface area contributed by atoms with Crippen molar-refractivity contribution in [2.24, 2.45) is 11.8 Å². The summed E-state index contributed by atoms with van der Waals surface area (Å²) in [5.41, 5.74) is 0.486. The average molecular weight is 520 g/mol. The highest BCUT2D eigenvalue weighted by Gasteiger charge is 2.58. The fraction of sp³-hybridized carbons (Fsp3) is 0.724. The van der Waals surface area contributed by atoms with E-state index in [1.54, 1.807) is 6.08 Å². The van der Waals surface area contributed by atoms with Gasteiger partial charge in [0.2, 0.25) is 5.91 Å². The lowest BCUT2D eigenvalue weighted by Gasteiger charge is -2.39. The molecule has 0 radical (unpaired) electrons. The highest BCUT2D eigenvalue weighted by molar-refractivity contribution is 5.87. The van der Waals surface area contributed by atoms with Crippen molar-refractivity contribution in [3.05, 3.63) is 36.0 Å². The van der Waals surface area contributed by atoms with E-state index in [0.717, 1.165) is 18.4 Å². The molecular formula is C29H45NO7. The molecule has 3 fully saturated rings. The minimum Gasteiger partial charge on any atom is -0.469 e. The molecule has 3 heterocycles. The van der Waals surface area contributed by atoms with Crippen molar-refractivity contribution in [2.45, 2.75) is 109 Å². The number of ether oxygens (including phenoxy) is 4. The van der Waals surface area contributed by atoms with Crippen LogP contribution < -0.4 is 5.32 Å². The molecule has 3 aliphatic rings. The Morgan fingerprint density at radius 3 is 2.59 bits per heavy atom. The van der Waals surface area contributed by atoms with Gasteiger partial charge in [-0.15, -0.1) is 0 Å². The number of aliphatic hydroxyl groups excluding tert-OH is 1. The number of hydrogen-bond acceptors (Lipinski definition) is 7. The maximum atomic E-state index is 12.2. The van der Waals surface area contributed by atoms with Gasteiger partial charge in [-0.3, -0.25) is 9.59 Å². The van der Waals surface area contributed by atoms with Gasteiger partial charge in [0.05, 0.1) is 38.1 Å². The zero-order valence-electron chi connectivity index (χ0n) is 23.1. The second-order valence-corrected chi connectivity index (χ2v) is 11.2. The van der Waals surface area contributed by atoms with E-state index < -0.39 is 17.8 Å². The van der Waals surface area contributed by atoms with Crippen molar-refractivity contribution in [1.29, 1.82) is 0 Å². The second-order valence-electron chi connectivity index (χ2n) is 11.2. The van der Waals surface area contributed by atoms with Crippen LogP contribution in [0.3, 0.4) is 0 Å². The topological polar surface area (TPSA) is 107 Å². The van der Waals surface area contributed by atoms with E-state index in [-0.39, 0.29) is 42.7 Å². The van der Waals surface area contributed by atoms with Gasteiger partial charge in [0.1, 0.15) is 17.8 Å². The summed E-state index contributed by atoms with van der Waals surface area (Å²) in [5, 5.41) is 13.9. The molecule has 208 valence electrons. The van der Waals surface area contributed by atoms with Crippen molar-refractivity contribution in [3.8, 4) is 0 Å². The number of carbonyl (C=O) groups excluding carboxylic acids is 2. The number of amides is 1. The Kier molecular flexibility index (Phi) is 10.5. The smallest absolute Gasteiger partial charge is 0.305 e. The monoisotopic (exact) mass is 519 g/mol. The normalized spacial score (nSPS) is 36.4. The van der Waals surface area contributed by atoms with Crippen LogP contribution in [0.15, 0.2) is 36.0 Å². The van der Waals surface area contributed by atoms with Gasteiger partial charge in [0.25, 0.3) is 0 Å². The van der Waals surface area contributed by atoms with Crippen molar-refractivity contribution in [2.75, 3.05) is 13.7 Å². The molecule has 0 bridgehead atoms. The maximum Gasteiger partial charge on any atom is 0.305 e. The lowest BCUT2D eigenvalue weighted by atomic mass is 9.87. The highest BCUT2D eigenvalue weighted by Crippen LogP contribution is 2.43. The minimum atomic E-state index is -0.740. The van der Waals surface area contributed by atoms with Gasteiger partial charge < -0.3 is 29.4 Å². The Labute approximate surface area is 221 Å². The van der Waals surface area contributed by atoms with Gasteiger partial charge >= 0.3 is 5.97 Å². The molecule has 0 saturated carbocycles. The Balaban J connectivity index is 1.51. The highest BCUT2D eigenvalue weighted by atomic mass is 16.6. The summed E-state index contributed by atoms with van der Waals surface area (Å²) in [7, 11) is 1.38. The predicted octanol–water partition coefficient (Wildman–Crippen LogP) is 3.63. The fourth-order valence-corrected chi connectivity index (χ4v) is 5.07. The van der Waals surface area contributed by atoms with Crippen molar-refractivity contribution < 1.29 is 33.6 Å². The first-order valence-electron chi connectivity index (χ1n) is 13.6. The number of esters is 1. The van der Waals surface area contributed by atoms with Gasteiger partial charge in [-0.2, -0.15) is 0 Å². The van der Waals surface area contributed by atoms with Crippen LogP contribution in [-0.2, 0) is 28.5 Å². The summed E-state index contributed by atoms with van der Waals surface area (Å²) in [5.74, 6) is 0.298. The largest absolute Gasteiger partial charge is 0.469 e. The Morgan fingerprint density at radius 2 is 1.95 bits per heavy atom. The van der Waals surface area contributed by atoms with E-state index >= 15 is 0 Å². The van der Waals surface area contributed by atoms with Crippen LogP contribution >= 0.6 is 0 Å². The third kappa shape index (κ3) is 8.50. The number of methoxy groups -OCH3 is 1. The standard InChI is InChI=1S/C29H45NO7/c1-18(2)7-13-26(31)30-23-15-20(4)24(36-21(23)5)11-8-19(3)9-12-25-28(33)29(17-35-29)16-22(37-25)10-14-27(32)34-6/h7-9,12-13,18,20-25,28,33H,10-11,14-17H2,1-6H3,(H,30,31)/b12-9+,13-7-,19-8+/t20-,21+,22+,23+,24-,25+,28+,29+/m0/s1. The Hall–Kier alpha value is -2.00. The predicted molar refractivity (Wildman–Crippen MR) is 141 cm³/mol. The maximum absolute atomic E-state index is 12.2. The van der Waals surface area contributed by atoms with E-state index in [1.165, 1.54) is 7.11 Å². The number of nitrogens with one attached hydrogen (secondary N) is 1. The van der Waals surface area contributed by atoms with Crippen molar-refractivity contribution >= 4 is 11.9 Å². The van der Waals surface area contributed by atoms with E-state index in [9.17, 15) is 14.7 Å². The molecule has 8 nitrogen and oxygen atoms in total. The molecule has 0 aromatic rings. The lowest BCUT2D eigenvalue weighted by molar-refractivity contribution is -0.148. The van der Waals surface area contributed by atoms with E-state index in [2.05, 4.69) is 18.3 Å². The first-order chi connectivity index (χ1) is 17.5. The molecule has 3 rings (SSSR count). The molecule has 8 heteroatoms. The minimum absolute atomic E-state index is 0.00503. The number of aliphatic hydroxyl groups is 1. The number of carbonyl (C=O) groups is 2. The molecule has 8 atom stereocenters. The van der Waals surface area contributed by atoms with Gasteiger partial charge in [-0.25, -0.2) is 0 Å². The first-order valence-corrected chi connectivity index (χ1v) is 13.6. The summed E-state index contributed by atoms with van der Waals surface area (Å²) in [4.78, 5) is 23.7. The van der Waals surface area contributed by atoms with Crippen LogP contribution in [0.1, 0.15) is 66.7 Å². The zero-order chi connectivity index (χ0) is 27.2. The number of hydrogen-bond donors (Lipinski definition) is 2. The summed E-state index contributed by atoms with van der Waals surface area (Å²) in [6.45, 7) is 10.8. The lowest BCUT2D eigenvalue weighted by Crippen LogP contribution is -2.50. The molecule has 0 aliphatic carbocycles. The van der Waals surface area contributed by atoms with Crippen LogP contribution in [0.4, 0.5) is 0 Å². The van der Waals surface area contributed by atoms with Crippen LogP contribution in [0, 0.1) is 11.8 Å². The fourth-order valence-electron chi connectivity index (χ4n) is 5.07. The third-order valence-electron chi connectivity index (χ3n) is 7.58. The molecule has 0 unspecified atom stereocenters. The summed E-state index contributed by atoms with van der Waals surface area (Å²) in [6, 6.07) is -0.00503. The third-order valence-corrected chi connectivity index (χ3v) is 7.58. The van der Waals surface area contributed by atoms with Crippen LogP contribution in [0.25, 0.3) is 0 Å². The first kappa shape index (κ1) is 29.6. The van der Waals surface area contributed by atoms with Crippen LogP contribution in [0.5, 0.6) is 0 Å². The molecule has 0 aromatic heterocycles. The number of allylic oxidation sites excluding steroid dienone is 3. The zero-order valence-corrected chi connectivity index (χ0v) is 23.1. The van der Waals surface area contributed by atoms with E-state index in [0.29, 0.717) is 31.3 Å². The molecule has 3 aliphatic heterocycles. The molecule has 0 aromatic carbocycles. The summed E-state index contributed by atoms with van der Waals surface area (Å²) < 4.78 is 22.7. The number of epoxide rings is 1. The molecule has 3 saturated heterocycles. The molecule has 37 heavy (non-hydrogen) atoms. The molecule has 2 N–H and O–H groups in total. The molecule has 1 spiro atoms. The second kappa shape index (κ2) is 13.2. The van der Waals surface area contributed by atoms with E-state index in [1.807, 2.05) is 45.9 Å². The average Bonchev–Trinajstić information content (AvgIpc) is 3.63. The molecular weight excluding hydrogens is 474 g/mol. The van der Waals surface area contributed by atoms with Crippen molar-refractivity contribution in [3.63, 3.8) is 0 Å². The van der Waals surface area contributed by atoms with Gasteiger partial charge in [-0.1, -0.05) is 50.6 Å². The quantitative estimate of drug-likeness (QED) is 0.196. The Bertz CT molecular complexity index is 875. The van der Waals surface area contributed by atoms with Crippen LogP contribution in [0.2, 0.25) is 0 Å². The van der Waals surface area contributed by atoms with Crippen molar-refractivity contribution in [1.82, 2.24) is 5.32 Å². The van der Waals surface area contributed by atoms with E-state index in [4.69, 9.17) is 18.9 Å². The van der Waals surface area contributed by atoms with Gasteiger partial charge in [0, 0.05) is 12.8 Å². The molecule has 1 amide bonds. The van der Waals surface area contributed by atoms with Gasteiger partial charge in [-0.05, 0) is 51.0 Å². The van der Waals surface area contributed by atoms with Crippen LogP contribution in [-0.4, -0.2) is 72.9 Å².